The van der Waals surface area contributed by atoms with Crippen molar-refractivity contribution in [3.63, 3.8) is 0 Å². The van der Waals surface area contributed by atoms with Crippen LogP contribution in [-0.2, 0) is 33.8 Å². The van der Waals surface area contributed by atoms with Gasteiger partial charge in [0.2, 0.25) is 11.8 Å². The molecule has 0 aliphatic carbocycles. The number of amides is 2. The van der Waals surface area contributed by atoms with Gasteiger partial charge in [-0.3, -0.25) is 14.5 Å². The molecular formula is C29H33F2N3O3S. The number of thiophene rings is 1. The van der Waals surface area contributed by atoms with E-state index in [4.69, 9.17) is 4.74 Å². The summed E-state index contributed by atoms with van der Waals surface area (Å²) >= 11 is 1.58. The van der Waals surface area contributed by atoms with Crippen LogP contribution < -0.4 is 0 Å². The minimum atomic E-state index is -0.360. The lowest BCUT2D eigenvalue weighted by molar-refractivity contribution is -0.141. The van der Waals surface area contributed by atoms with Crippen molar-refractivity contribution >= 4 is 23.2 Å². The predicted molar refractivity (Wildman–Crippen MR) is 144 cm³/mol. The van der Waals surface area contributed by atoms with Gasteiger partial charge in [0.05, 0.1) is 32.7 Å². The Kier molecular flexibility index (Phi) is 9.98. The van der Waals surface area contributed by atoms with Crippen molar-refractivity contribution in [2.24, 2.45) is 0 Å². The van der Waals surface area contributed by atoms with Crippen molar-refractivity contribution in [2.45, 2.75) is 26.4 Å². The molecule has 1 fully saturated rings. The summed E-state index contributed by atoms with van der Waals surface area (Å²) in [6.45, 7) is 6.53. The molecule has 3 aromatic rings. The minimum Gasteiger partial charge on any atom is -0.379 e. The smallest absolute Gasteiger partial charge is 0.242 e. The van der Waals surface area contributed by atoms with Gasteiger partial charge in [-0.15, -0.1) is 11.3 Å². The molecule has 2 amide bonds. The van der Waals surface area contributed by atoms with Crippen molar-refractivity contribution in [3.8, 4) is 0 Å². The van der Waals surface area contributed by atoms with Gasteiger partial charge in [0.15, 0.2) is 0 Å². The number of carbonyl (C=O) groups excluding carboxylic acids is 2. The Balaban J connectivity index is 1.50. The van der Waals surface area contributed by atoms with E-state index in [9.17, 15) is 18.4 Å². The molecule has 0 atom stereocenters. The predicted octanol–water partition coefficient (Wildman–Crippen LogP) is 4.27. The third kappa shape index (κ3) is 8.18. The molecule has 4 rings (SSSR count). The summed E-state index contributed by atoms with van der Waals surface area (Å²) in [5.41, 5.74) is 2.60. The summed E-state index contributed by atoms with van der Waals surface area (Å²) in [5, 5.41) is 1.99. The summed E-state index contributed by atoms with van der Waals surface area (Å²) in [5.74, 6) is -1.06. The number of benzene rings is 2. The van der Waals surface area contributed by atoms with Crippen LogP contribution in [0.1, 0.15) is 21.6 Å². The van der Waals surface area contributed by atoms with Gasteiger partial charge in [-0.05, 0) is 59.3 Å². The quantitative estimate of drug-likeness (QED) is 0.364. The van der Waals surface area contributed by atoms with E-state index in [-0.39, 0.29) is 36.4 Å². The molecule has 0 N–H and O–H groups in total. The van der Waals surface area contributed by atoms with Crippen molar-refractivity contribution in [1.29, 1.82) is 0 Å². The van der Waals surface area contributed by atoms with Gasteiger partial charge < -0.3 is 14.5 Å². The average Bonchev–Trinajstić information content (AvgIpc) is 3.33. The normalized spacial score (nSPS) is 13.9. The first-order chi connectivity index (χ1) is 18.4. The molecule has 0 spiro atoms. The maximum Gasteiger partial charge on any atom is 0.242 e. The monoisotopic (exact) mass is 541 g/mol. The second kappa shape index (κ2) is 13.6. The average molecular weight is 542 g/mol. The summed E-state index contributed by atoms with van der Waals surface area (Å²) in [6, 6.07) is 14.0. The van der Waals surface area contributed by atoms with Crippen LogP contribution >= 0.6 is 11.3 Å². The number of carbonyl (C=O) groups is 2. The Hall–Kier alpha value is -3.14. The molecule has 1 aliphatic heterocycles. The summed E-state index contributed by atoms with van der Waals surface area (Å²) in [6.07, 6.45) is 0.0820. The van der Waals surface area contributed by atoms with E-state index in [0.717, 1.165) is 29.1 Å². The Labute approximate surface area is 226 Å². The number of morpholine rings is 1. The Morgan fingerprint density at radius 2 is 1.50 bits per heavy atom. The molecule has 0 unspecified atom stereocenters. The van der Waals surface area contributed by atoms with E-state index in [0.29, 0.717) is 45.0 Å². The molecular weight excluding hydrogens is 508 g/mol. The molecule has 6 nitrogen and oxygen atoms in total. The third-order valence-electron chi connectivity index (χ3n) is 6.68. The molecule has 202 valence electrons. The van der Waals surface area contributed by atoms with Crippen LogP contribution in [0.15, 0.2) is 60.0 Å². The highest BCUT2D eigenvalue weighted by molar-refractivity contribution is 7.10. The van der Waals surface area contributed by atoms with E-state index in [1.807, 2.05) is 18.4 Å². The Morgan fingerprint density at radius 1 is 0.868 bits per heavy atom. The number of nitrogens with zero attached hydrogens (tertiary/aromatic N) is 3. The second-order valence-electron chi connectivity index (χ2n) is 9.48. The van der Waals surface area contributed by atoms with E-state index < -0.39 is 0 Å². The highest BCUT2D eigenvalue weighted by atomic mass is 32.1. The van der Waals surface area contributed by atoms with Crippen LogP contribution in [0.4, 0.5) is 8.78 Å². The van der Waals surface area contributed by atoms with Gasteiger partial charge in [-0.2, -0.15) is 0 Å². The highest BCUT2D eigenvalue weighted by Crippen LogP contribution is 2.20. The lowest BCUT2D eigenvalue weighted by Gasteiger charge is -2.31. The fourth-order valence-electron chi connectivity index (χ4n) is 4.31. The maximum atomic E-state index is 13.7. The van der Waals surface area contributed by atoms with Crippen LogP contribution in [0, 0.1) is 18.6 Å². The van der Waals surface area contributed by atoms with Crippen molar-refractivity contribution in [1.82, 2.24) is 14.7 Å². The number of hydrogen-bond acceptors (Lipinski definition) is 5. The van der Waals surface area contributed by atoms with Gasteiger partial charge >= 0.3 is 0 Å². The van der Waals surface area contributed by atoms with Gasteiger partial charge in [-0.1, -0.05) is 24.3 Å². The highest BCUT2D eigenvalue weighted by Gasteiger charge is 2.24. The first-order valence-electron chi connectivity index (χ1n) is 12.7. The minimum absolute atomic E-state index is 0.0734. The first kappa shape index (κ1) is 27.9. The van der Waals surface area contributed by atoms with Crippen molar-refractivity contribution in [2.75, 3.05) is 45.9 Å². The number of halogens is 2. The molecule has 0 radical (unpaired) electrons. The molecule has 0 bridgehead atoms. The zero-order valence-corrected chi connectivity index (χ0v) is 22.4. The summed E-state index contributed by atoms with van der Waals surface area (Å²) in [4.78, 5) is 33.7. The van der Waals surface area contributed by atoms with Crippen molar-refractivity contribution < 1.29 is 23.1 Å². The molecule has 38 heavy (non-hydrogen) atoms. The largest absolute Gasteiger partial charge is 0.379 e. The fraction of sp³-hybridized carbons (Fsp3) is 0.379. The van der Waals surface area contributed by atoms with Crippen LogP contribution in [0.3, 0.4) is 0 Å². The topological polar surface area (TPSA) is 53.1 Å². The fourth-order valence-corrected chi connectivity index (χ4v) is 5.23. The zero-order valence-electron chi connectivity index (χ0n) is 21.6. The van der Waals surface area contributed by atoms with Gasteiger partial charge in [-0.25, -0.2) is 8.78 Å². The van der Waals surface area contributed by atoms with Gasteiger partial charge in [0.1, 0.15) is 11.6 Å². The van der Waals surface area contributed by atoms with E-state index in [2.05, 4.69) is 4.90 Å². The molecule has 2 heterocycles. The molecule has 1 saturated heterocycles. The SMILES string of the molecule is Cc1ccsc1CN(Cc1ccc(F)cc1)C(=O)CN(CCN1CCOCC1)C(=O)Cc1ccc(F)cc1. The number of ether oxygens (including phenoxy) is 1. The molecule has 9 heteroatoms. The molecule has 0 saturated carbocycles. The number of hydrogen-bond donors (Lipinski definition) is 0. The number of aryl methyl sites for hydroxylation is 1. The van der Waals surface area contributed by atoms with Crippen LogP contribution in [0.25, 0.3) is 0 Å². The Morgan fingerprint density at radius 3 is 2.11 bits per heavy atom. The van der Waals surface area contributed by atoms with E-state index >= 15 is 0 Å². The summed E-state index contributed by atoms with van der Waals surface area (Å²) in [7, 11) is 0. The Bertz CT molecular complexity index is 1190. The standard InChI is InChI=1S/C29H33F2N3O3S/c1-22-10-17-38-27(22)20-34(19-24-4-8-26(31)9-5-24)29(36)21-33(12-11-32-13-15-37-16-14-32)28(35)18-23-2-6-25(30)7-3-23/h2-10,17H,11-16,18-21H2,1H3. The first-order valence-corrected chi connectivity index (χ1v) is 13.6. The molecule has 1 aliphatic rings. The van der Waals surface area contributed by atoms with Crippen LogP contribution in [-0.4, -0.2) is 72.5 Å². The second-order valence-corrected chi connectivity index (χ2v) is 10.5. The molecule has 2 aromatic carbocycles. The van der Waals surface area contributed by atoms with Crippen LogP contribution in [0.2, 0.25) is 0 Å². The third-order valence-corrected chi connectivity index (χ3v) is 7.69. The maximum absolute atomic E-state index is 13.7. The van der Waals surface area contributed by atoms with Crippen LogP contribution in [0.5, 0.6) is 0 Å². The lowest BCUT2D eigenvalue weighted by atomic mass is 10.1. The molecule has 1 aromatic heterocycles. The van der Waals surface area contributed by atoms with E-state index in [1.54, 1.807) is 45.4 Å². The van der Waals surface area contributed by atoms with Gasteiger partial charge in [0, 0.05) is 37.6 Å². The lowest BCUT2D eigenvalue weighted by Crippen LogP contribution is -2.47. The van der Waals surface area contributed by atoms with E-state index in [1.165, 1.54) is 24.3 Å². The zero-order chi connectivity index (χ0) is 26.9. The van der Waals surface area contributed by atoms with Crippen molar-refractivity contribution in [3.05, 3.63) is 93.2 Å². The number of rotatable bonds is 11. The summed E-state index contributed by atoms with van der Waals surface area (Å²) < 4.78 is 32.3. The van der Waals surface area contributed by atoms with Gasteiger partial charge in [0.25, 0.3) is 0 Å².